The lowest BCUT2D eigenvalue weighted by atomic mass is 10.2. The topological polar surface area (TPSA) is 34.9 Å². The van der Waals surface area contributed by atoms with Crippen molar-refractivity contribution in [2.75, 3.05) is 0 Å². The lowest BCUT2D eigenvalue weighted by molar-refractivity contribution is 0.750. The van der Waals surface area contributed by atoms with Crippen LogP contribution in [0.3, 0.4) is 0 Å². The molecule has 0 bridgehead atoms. The molecular formula is C15H11ClN2O. The minimum absolute atomic E-state index is 0.112. The van der Waals surface area contributed by atoms with E-state index in [-0.39, 0.29) is 10.8 Å². The quantitative estimate of drug-likeness (QED) is 0.671. The van der Waals surface area contributed by atoms with Gasteiger partial charge in [0, 0.05) is 0 Å². The zero-order chi connectivity index (χ0) is 13.2. The van der Waals surface area contributed by atoms with Crippen molar-refractivity contribution < 1.29 is 0 Å². The fourth-order valence-electron chi connectivity index (χ4n) is 2.04. The number of benzene rings is 2. The Bertz CT molecular complexity index is 781. The van der Waals surface area contributed by atoms with E-state index in [9.17, 15) is 4.79 Å². The molecule has 3 rings (SSSR count). The third-order valence-electron chi connectivity index (χ3n) is 3.00. The number of aromatic nitrogens is 2. The second kappa shape index (κ2) is 4.86. The molecule has 3 aromatic rings. The van der Waals surface area contributed by atoms with E-state index in [4.69, 9.17) is 11.6 Å². The van der Waals surface area contributed by atoms with Crippen LogP contribution in [0.4, 0.5) is 0 Å². The Labute approximate surface area is 115 Å². The van der Waals surface area contributed by atoms with Crippen LogP contribution in [0.15, 0.2) is 59.4 Å². The van der Waals surface area contributed by atoms with E-state index in [0.717, 1.165) is 5.56 Å². The van der Waals surface area contributed by atoms with Gasteiger partial charge in [0.05, 0.1) is 17.4 Å². The van der Waals surface area contributed by atoms with Crippen LogP contribution in [0.25, 0.3) is 10.9 Å². The number of hydrogen-bond donors (Lipinski definition) is 0. The van der Waals surface area contributed by atoms with Crippen LogP contribution in [0.5, 0.6) is 0 Å². The van der Waals surface area contributed by atoms with Gasteiger partial charge in [0.2, 0.25) is 5.28 Å². The molecule has 0 N–H and O–H groups in total. The third kappa shape index (κ3) is 2.25. The van der Waals surface area contributed by atoms with Gasteiger partial charge in [0.15, 0.2) is 0 Å². The van der Waals surface area contributed by atoms with Crippen molar-refractivity contribution in [2.45, 2.75) is 6.54 Å². The maximum atomic E-state index is 12.4. The number of rotatable bonds is 2. The van der Waals surface area contributed by atoms with E-state index in [1.165, 1.54) is 4.57 Å². The van der Waals surface area contributed by atoms with Crippen LogP contribution in [0.2, 0.25) is 5.28 Å². The summed E-state index contributed by atoms with van der Waals surface area (Å²) >= 11 is 6.11. The maximum absolute atomic E-state index is 12.4. The molecule has 4 heteroatoms. The number of hydrogen-bond acceptors (Lipinski definition) is 2. The molecule has 0 aliphatic rings. The molecule has 0 saturated carbocycles. The molecule has 94 valence electrons. The zero-order valence-electron chi connectivity index (χ0n) is 10.1. The summed E-state index contributed by atoms with van der Waals surface area (Å²) in [6.07, 6.45) is 0. The molecule has 0 amide bonds. The number of para-hydroxylation sites is 1. The molecule has 1 heterocycles. The molecule has 2 aromatic carbocycles. The Morgan fingerprint density at radius 3 is 2.47 bits per heavy atom. The number of halogens is 1. The summed E-state index contributed by atoms with van der Waals surface area (Å²) in [6.45, 7) is 0.427. The van der Waals surface area contributed by atoms with E-state index in [1.54, 1.807) is 12.1 Å². The van der Waals surface area contributed by atoms with Crippen molar-refractivity contribution in [3.8, 4) is 0 Å². The van der Waals surface area contributed by atoms with E-state index in [0.29, 0.717) is 17.4 Å². The van der Waals surface area contributed by atoms with Crippen molar-refractivity contribution in [1.29, 1.82) is 0 Å². The normalized spacial score (nSPS) is 10.8. The van der Waals surface area contributed by atoms with Gasteiger partial charge in [-0.1, -0.05) is 42.5 Å². The van der Waals surface area contributed by atoms with Gasteiger partial charge in [-0.25, -0.2) is 4.98 Å². The Morgan fingerprint density at radius 2 is 1.68 bits per heavy atom. The number of fused-ring (bicyclic) bond motifs is 1. The Balaban J connectivity index is 2.16. The second-order valence-electron chi connectivity index (χ2n) is 4.27. The highest BCUT2D eigenvalue weighted by atomic mass is 35.5. The van der Waals surface area contributed by atoms with Crippen LogP contribution in [-0.4, -0.2) is 9.55 Å². The summed E-state index contributed by atoms with van der Waals surface area (Å²) in [5.41, 5.74) is 1.53. The van der Waals surface area contributed by atoms with Crippen molar-refractivity contribution in [2.24, 2.45) is 0 Å². The van der Waals surface area contributed by atoms with Gasteiger partial charge in [0.25, 0.3) is 5.56 Å². The second-order valence-corrected chi connectivity index (χ2v) is 4.61. The molecule has 0 radical (unpaired) electrons. The van der Waals surface area contributed by atoms with Crippen molar-refractivity contribution in [3.63, 3.8) is 0 Å². The van der Waals surface area contributed by atoms with Gasteiger partial charge in [-0.05, 0) is 29.3 Å². The first-order valence-corrected chi connectivity index (χ1v) is 6.32. The Hall–Kier alpha value is -2.13. The average Bonchev–Trinajstić information content (AvgIpc) is 2.45. The Kier molecular flexibility index (Phi) is 3.05. The van der Waals surface area contributed by atoms with Gasteiger partial charge in [-0.3, -0.25) is 9.36 Å². The minimum Gasteiger partial charge on any atom is -0.278 e. The molecule has 0 fully saturated rings. The van der Waals surface area contributed by atoms with E-state index < -0.39 is 0 Å². The highest BCUT2D eigenvalue weighted by Crippen LogP contribution is 2.12. The van der Waals surface area contributed by atoms with E-state index in [1.807, 2.05) is 42.5 Å². The van der Waals surface area contributed by atoms with Crippen LogP contribution in [-0.2, 0) is 6.54 Å². The van der Waals surface area contributed by atoms with Gasteiger partial charge >= 0.3 is 0 Å². The third-order valence-corrected chi connectivity index (χ3v) is 3.29. The van der Waals surface area contributed by atoms with Gasteiger partial charge in [-0.15, -0.1) is 0 Å². The molecule has 0 saturated heterocycles. The molecule has 0 atom stereocenters. The van der Waals surface area contributed by atoms with Gasteiger partial charge < -0.3 is 0 Å². The first-order chi connectivity index (χ1) is 9.25. The SMILES string of the molecule is O=c1c2ccccc2nc(Cl)n1Cc1ccccc1. The molecule has 0 spiro atoms. The first-order valence-electron chi connectivity index (χ1n) is 5.95. The monoisotopic (exact) mass is 270 g/mol. The Morgan fingerprint density at radius 1 is 1.00 bits per heavy atom. The predicted octanol–water partition coefficient (Wildman–Crippen LogP) is 3.10. The average molecular weight is 271 g/mol. The highest BCUT2D eigenvalue weighted by molar-refractivity contribution is 6.28. The first kappa shape index (κ1) is 11.9. The smallest absolute Gasteiger partial charge is 0.262 e. The van der Waals surface area contributed by atoms with Crippen molar-refractivity contribution in [1.82, 2.24) is 9.55 Å². The lowest BCUT2D eigenvalue weighted by Gasteiger charge is -2.09. The summed E-state index contributed by atoms with van der Waals surface area (Å²) in [5.74, 6) is 0. The molecule has 19 heavy (non-hydrogen) atoms. The fraction of sp³-hybridized carbons (Fsp3) is 0.0667. The van der Waals surface area contributed by atoms with Gasteiger partial charge in [0.1, 0.15) is 0 Å². The van der Waals surface area contributed by atoms with Crippen LogP contribution >= 0.6 is 11.6 Å². The molecule has 1 aromatic heterocycles. The predicted molar refractivity (Wildman–Crippen MR) is 76.6 cm³/mol. The van der Waals surface area contributed by atoms with Crippen LogP contribution < -0.4 is 5.56 Å². The van der Waals surface area contributed by atoms with E-state index >= 15 is 0 Å². The standard InChI is InChI=1S/C15H11ClN2O/c16-15-17-13-9-5-4-8-12(13)14(19)18(15)10-11-6-2-1-3-7-11/h1-9H,10H2. The largest absolute Gasteiger partial charge is 0.278 e. The summed E-state index contributed by atoms with van der Waals surface area (Å²) in [6, 6.07) is 16.9. The van der Waals surface area contributed by atoms with E-state index in [2.05, 4.69) is 4.98 Å². The minimum atomic E-state index is -0.112. The van der Waals surface area contributed by atoms with Crippen molar-refractivity contribution in [3.05, 3.63) is 75.8 Å². The molecule has 0 aliphatic heterocycles. The molecule has 0 unspecified atom stereocenters. The summed E-state index contributed by atoms with van der Waals surface area (Å²) in [4.78, 5) is 16.7. The zero-order valence-corrected chi connectivity index (χ0v) is 10.8. The number of nitrogens with zero attached hydrogens (tertiary/aromatic N) is 2. The van der Waals surface area contributed by atoms with Crippen LogP contribution in [0, 0.1) is 0 Å². The maximum Gasteiger partial charge on any atom is 0.262 e. The fourth-order valence-corrected chi connectivity index (χ4v) is 2.27. The molecule has 3 nitrogen and oxygen atoms in total. The molecular weight excluding hydrogens is 260 g/mol. The summed E-state index contributed by atoms with van der Waals surface area (Å²) in [7, 11) is 0. The summed E-state index contributed by atoms with van der Waals surface area (Å²) < 4.78 is 1.49. The highest BCUT2D eigenvalue weighted by Gasteiger charge is 2.09. The van der Waals surface area contributed by atoms with Crippen LogP contribution in [0.1, 0.15) is 5.56 Å². The lowest BCUT2D eigenvalue weighted by Crippen LogP contribution is -2.22. The van der Waals surface area contributed by atoms with Gasteiger partial charge in [-0.2, -0.15) is 0 Å². The van der Waals surface area contributed by atoms with Crippen molar-refractivity contribution >= 4 is 22.5 Å². The summed E-state index contributed by atoms with van der Waals surface area (Å²) in [5, 5.41) is 0.801. The molecule has 0 aliphatic carbocycles.